The molecule has 1 heterocycles. The summed E-state index contributed by atoms with van der Waals surface area (Å²) in [6.45, 7) is 3.28. The Labute approximate surface area is 281 Å². The van der Waals surface area contributed by atoms with Crippen LogP contribution in [-0.4, -0.2) is 52.2 Å². The van der Waals surface area contributed by atoms with Gasteiger partial charge in [-0.2, -0.15) is 0 Å². The molecule has 0 bridgehead atoms. The maximum Gasteiger partial charge on any atom is 0.251 e. The monoisotopic (exact) mass is 648 g/mol. The first-order valence-electron chi connectivity index (χ1n) is 16.3. The summed E-state index contributed by atoms with van der Waals surface area (Å²) in [5.41, 5.74) is 9.98. The van der Waals surface area contributed by atoms with E-state index >= 15 is 0 Å². The molecule has 0 saturated carbocycles. The highest BCUT2D eigenvalue weighted by atomic mass is 16.5. The highest BCUT2D eigenvalue weighted by Crippen LogP contribution is 2.25. The van der Waals surface area contributed by atoms with Gasteiger partial charge in [0.1, 0.15) is 24.2 Å². The highest BCUT2D eigenvalue weighted by molar-refractivity contribution is 5.97. The number of nitrogens with zero attached hydrogens (tertiary/aromatic N) is 1. The van der Waals surface area contributed by atoms with Gasteiger partial charge in [0.25, 0.3) is 5.91 Å². The van der Waals surface area contributed by atoms with Crippen molar-refractivity contribution < 1.29 is 19.4 Å². The lowest BCUT2D eigenvalue weighted by atomic mass is 9.97. The fourth-order valence-electron chi connectivity index (χ4n) is 5.76. The van der Waals surface area contributed by atoms with Crippen LogP contribution < -0.4 is 26.4 Å². The van der Waals surface area contributed by atoms with Gasteiger partial charge >= 0.3 is 0 Å². The fourth-order valence-corrected chi connectivity index (χ4v) is 5.76. The number of benzene rings is 4. The van der Waals surface area contributed by atoms with E-state index in [1.807, 2.05) is 85.8 Å². The minimum absolute atomic E-state index is 0.0839. The van der Waals surface area contributed by atoms with Gasteiger partial charge in [-0.15, -0.1) is 0 Å². The molecule has 10 nitrogen and oxygen atoms in total. The number of nitrogens with one attached hydrogen (secondary N) is 4. The third-order valence-electron chi connectivity index (χ3n) is 8.29. The van der Waals surface area contributed by atoms with Crippen LogP contribution >= 0.6 is 0 Å². The van der Waals surface area contributed by atoms with Gasteiger partial charge in [0, 0.05) is 30.5 Å². The quantitative estimate of drug-likeness (QED) is 0.0865. The third-order valence-corrected chi connectivity index (χ3v) is 8.29. The summed E-state index contributed by atoms with van der Waals surface area (Å²) in [6.07, 6.45) is 4.84. The third kappa shape index (κ3) is 9.51. The first kappa shape index (κ1) is 34.3. The van der Waals surface area contributed by atoms with Crippen molar-refractivity contribution in [2.75, 3.05) is 13.2 Å². The van der Waals surface area contributed by atoms with Crippen molar-refractivity contribution in [2.45, 2.75) is 57.4 Å². The Bertz CT molecular complexity index is 1750. The lowest BCUT2D eigenvalue weighted by Gasteiger charge is -2.24. The number of carbonyl (C=O) groups excluding carboxylic acids is 2. The zero-order chi connectivity index (χ0) is 33.7. The summed E-state index contributed by atoms with van der Waals surface area (Å²) in [5.74, 6) is 0.915. The summed E-state index contributed by atoms with van der Waals surface area (Å²) < 4.78 is 5.68. The minimum atomic E-state index is -0.809. The molecule has 5 rings (SSSR count). The molecule has 3 atom stereocenters. The average Bonchev–Trinajstić information content (AvgIpc) is 3.63. The number of hydrogen-bond donors (Lipinski definition) is 6. The molecule has 0 aliphatic rings. The number of fused-ring (bicyclic) bond motifs is 1. The number of H-pyrrole nitrogens is 1. The molecule has 1 unspecified atom stereocenters. The van der Waals surface area contributed by atoms with E-state index in [-0.39, 0.29) is 37.1 Å². The Morgan fingerprint density at radius 1 is 0.917 bits per heavy atom. The summed E-state index contributed by atoms with van der Waals surface area (Å²) in [6, 6.07) is 27.6. The van der Waals surface area contributed by atoms with Crippen LogP contribution in [0.15, 0.2) is 103 Å². The Morgan fingerprint density at radius 2 is 1.69 bits per heavy atom. The second-order valence-corrected chi connectivity index (χ2v) is 11.9. The van der Waals surface area contributed by atoms with Crippen molar-refractivity contribution >= 4 is 22.6 Å². The average molecular weight is 649 g/mol. The number of aromatic amines is 1. The maximum absolute atomic E-state index is 13.8. The van der Waals surface area contributed by atoms with Crippen molar-refractivity contribution in [3.8, 4) is 5.75 Å². The molecule has 4 aromatic carbocycles. The van der Waals surface area contributed by atoms with Gasteiger partial charge in [-0.25, -0.2) is 4.98 Å². The fraction of sp³-hybridized carbons (Fsp3) is 0.289. The molecule has 5 aromatic rings. The number of aliphatic hydroxyl groups excluding tert-OH is 1. The van der Waals surface area contributed by atoms with Crippen LogP contribution in [0.2, 0.25) is 0 Å². The molecule has 7 N–H and O–H groups in total. The van der Waals surface area contributed by atoms with E-state index in [0.717, 1.165) is 33.3 Å². The number of amides is 2. The molecule has 0 radical (unpaired) electrons. The number of rotatable bonds is 17. The number of carbonyl (C=O) groups is 2. The van der Waals surface area contributed by atoms with Gasteiger partial charge in [0.2, 0.25) is 5.91 Å². The number of aliphatic hydroxyl groups is 1. The van der Waals surface area contributed by atoms with E-state index in [4.69, 9.17) is 10.5 Å². The molecule has 250 valence electrons. The molecule has 0 aliphatic carbocycles. The molecule has 10 heteroatoms. The van der Waals surface area contributed by atoms with Crippen LogP contribution in [0.1, 0.15) is 58.7 Å². The van der Waals surface area contributed by atoms with Crippen molar-refractivity contribution in [3.05, 3.63) is 131 Å². The number of nitrogens with two attached hydrogens (primary N) is 1. The van der Waals surface area contributed by atoms with Crippen LogP contribution in [-0.2, 0) is 24.3 Å². The normalized spacial score (nSPS) is 13.1. The minimum Gasteiger partial charge on any atom is -0.491 e. The van der Waals surface area contributed by atoms with Crippen LogP contribution in [0.25, 0.3) is 10.8 Å². The first-order valence-corrected chi connectivity index (χ1v) is 16.3. The largest absolute Gasteiger partial charge is 0.491 e. The zero-order valence-electron chi connectivity index (χ0n) is 27.2. The summed E-state index contributed by atoms with van der Waals surface area (Å²) in [7, 11) is 0. The van der Waals surface area contributed by atoms with Crippen molar-refractivity contribution in [1.29, 1.82) is 0 Å². The van der Waals surface area contributed by atoms with Crippen molar-refractivity contribution in [3.63, 3.8) is 0 Å². The van der Waals surface area contributed by atoms with Gasteiger partial charge in [-0.05, 0) is 71.8 Å². The van der Waals surface area contributed by atoms with E-state index in [0.29, 0.717) is 43.7 Å². The first-order chi connectivity index (χ1) is 23.4. The Morgan fingerprint density at radius 3 is 2.48 bits per heavy atom. The molecular weight excluding hydrogens is 604 g/mol. The summed E-state index contributed by atoms with van der Waals surface area (Å²) in [5, 5.41) is 20.8. The lowest BCUT2D eigenvalue weighted by molar-refractivity contribution is -0.123. The van der Waals surface area contributed by atoms with Crippen molar-refractivity contribution in [1.82, 2.24) is 25.9 Å². The molecule has 2 amide bonds. The topological polar surface area (TPSA) is 154 Å². The maximum atomic E-state index is 13.8. The van der Waals surface area contributed by atoms with E-state index < -0.39 is 6.04 Å². The smallest absolute Gasteiger partial charge is 0.251 e. The van der Waals surface area contributed by atoms with E-state index in [9.17, 15) is 14.7 Å². The zero-order valence-corrected chi connectivity index (χ0v) is 27.2. The van der Waals surface area contributed by atoms with E-state index in [1.165, 1.54) is 0 Å². The van der Waals surface area contributed by atoms with Gasteiger partial charge < -0.3 is 36.5 Å². The molecule has 0 fully saturated rings. The summed E-state index contributed by atoms with van der Waals surface area (Å²) in [4.78, 5) is 34.6. The van der Waals surface area contributed by atoms with E-state index in [2.05, 4.69) is 25.9 Å². The second-order valence-electron chi connectivity index (χ2n) is 11.9. The molecule has 1 aromatic heterocycles. The van der Waals surface area contributed by atoms with Gasteiger partial charge in [-0.1, -0.05) is 72.8 Å². The predicted octanol–water partition coefficient (Wildman–Crippen LogP) is 4.55. The lowest BCUT2D eigenvalue weighted by Crippen LogP contribution is -2.48. The van der Waals surface area contributed by atoms with Crippen LogP contribution in [0.3, 0.4) is 0 Å². The number of para-hydroxylation sites is 1. The van der Waals surface area contributed by atoms with E-state index in [1.54, 1.807) is 24.5 Å². The Hall–Kier alpha value is -5.03. The molecular formula is C38H44N6O4. The van der Waals surface area contributed by atoms with Gasteiger partial charge in [0.05, 0.1) is 19.2 Å². The summed E-state index contributed by atoms with van der Waals surface area (Å²) >= 11 is 0. The number of hydrogen-bond acceptors (Lipinski definition) is 7. The SMILES string of the molecule is C[C@H](NC(=O)[C@H](CCC(N)Cc1ccccc1OCCO)NC(=O)c1ccc(CNCc2ncc[nH]2)cc1)c1cccc2ccccc12. The highest BCUT2D eigenvalue weighted by Gasteiger charge is 2.25. The molecule has 0 aliphatic heterocycles. The number of ether oxygens (including phenoxy) is 1. The van der Waals surface area contributed by atoms with Gasteiger partial charge in [0.15, 0.2) is 0 Å². The number of aromatic nitrogens is 2. The predicted molar refractivity (Wildman–Crippen MR) is 187 cm³/mol. The van der Waals surface area contributed by atoms with Gasteiger partial charge in [-0.3, -0.25) is 9.59 Å². The second kappa shape index (κ2) is 17.2. The standard InChI is InChI=1S/C38H44N6O4/c1-26(32-11-6-9-28-7-2-4-10-33(28)32)43-38(47)34(18-17-31(39)23-30-8-3-5-12-35(30)48-22-21-45)44-37(46)29-15-13-27(14-16-29)24-40-25-36-41-19-20-42-36/h2-16,19-20,26,31,34,40,45H,17-18,21-25,39H2,1H3,(H,41,42)(H,43,47)(H,44,46)/t26-,31?,34-/m0/s1. The van der Waals surface area contributed by atoms with Crippen LogP contribution in [0, 0.1) is 0 Å². The Kier molecular flexibility index (Phi) is 12.3. The van der Waals surface area contributed by atoms with Crippen molar-refractivity contribution in [2.24, 2.45) is 5.73 Å². The van der Waals surface area contributed by atoms with Crippen LogP contribution in [0.4, 0.5) is 0 Å². The van der Waals surface area contributed by atoms with Crippen LogP contribution in [0.5, 0.6) is 5.75 Å². The molecule has 0 spiro atoms. The number of imidazole rings is 1. The molecule has 0 saturated heterocycles. The molecule has 48 heavy (non-hydrogen) atoms. The Balaban J connectivity index is 1.25.